The minimum absolute atomic E-state index is 0.0844. The summed E-state index contributed by atoms with van der Waals surface area (Å²) in [4.78, 5) is 22.3. The smallest absolute Gasteiger partial charge is 0.253 e. The van der Waals surface area contributed by atoms with E-state index in [9.17, 15) is 9.59 Å². The largest absolute Gasteiger partial charge is 0.394 e. The summed E-state index contributed by atoms with van der Waals surface area (Å²) in [6.45, 7) is 6.24. The molecule has 0 radical (unpaired) electrons. The normalized spacial score (nSPS) is 14.9. The molecule has 0 spiro atoms. The Balaban J connectivity index is 2.78. The van der Waals surface area contributed by atoms with Crippen molar-refractivity contribution in [1.82, 2.24) is 0 Å². The highest BCUT2D eigenvalue weighted by atomic mass is 16.2. The molecule has 1 atom stereocenters. The zero-order valence-corrected chi connectivity index (χ0v) is 10.2. The fraction of sp³-hybridized carbons (Fsp3) is 0.667. The monoisotopic (exact) mass is 224 g/mol. The Morgan fingerprint density at radius 1 is 1.25 bits per heavy atom. The average Bonchev–Trinajstić information content (AvgIpc) is 2.32. The van der Waals surface area contributed by atoms with E-state index in [1.54, 1.807) is 0 Å². The van der Waals surface area contributed by atoms with Gasteiger partial charge in [0.15, 0.2) is 0 Å². The van der Waals surface area contributed by atoms with Gasteiger partial charge in [-0.25, -0.2) is 0 Å². The van der Waals surface area contributed by atoms with E-state index >= 15 is 0 Å². The van der Waals surface area contributed by atoms with Crippen molar-refractivity contribution < 1.29 is 0 Å². The van der Waals surface area contributed by atoms with Gasteiger partial charge in [0, 0.05) is 5.54 Å². The van der Waals surface area contributed by atoms with Crippen LogP contribution in [0.5, 0.6) is 0 Å². The van der Waals surface area contributed by atoms with Gasteiger partial charge in [-0.3, -0.25) is 9.59 Å². The summed E-state index contributed by atoms with van der Waals surface area (Å²) in [6.07, 6.45) is 4.06. The van der Waals surface area contributed by atoms with Gasteiger partial charge in [0.25, 0.3) is 10.9 Å². The molecule has 4 nitrogen and oxygen atoms in total. The first-order valence-corrected chi connectivity index (χ1v) is 5.82. The van der Waals surface area contributed by atoms with Gasteiger partial charge in [-0.15, -0.1) is 0 Å². The molecule has 0 aromatic heterocycles. The summed E-state index contributed by atoms with van der Waals surface area (Å²) in [7, 11) is 0. The van der Waals surface area contributed by atoms with Gasteiger partial charge in [0.05, 0.1) is 0 Å². The van der Waals surface area contributed by atoms with E-state index in [0.29, 0.717) is 5.69 Å². The number of hydrogen-bond acceptors (Lipinski definition) is 4. The molecule has 1 aromatic carbocycles. The van der Waals surface area contributed by atoms with E-state index in [1.807, 2.05) is 0 Å². The van der Waals surface area contributed by atoms with Crippen LogP contribution in [0.2, 0.25) is 0 Å². The van der Waals surface area contributed by atoms with Crippen LogP contribution in [0.25, 0.3) is 0 Å². The molecule has 0 heterocycles. The summed E-state index contributed by atoms with van der Waals surface area (Å²) in [5, 5.41) is 3.13. The van der Waals surface area contributed by atoms with Crippen LogP contribution in [0.3, 0.4) is 0 Å². The second kappa shape index (κ2) is 4.68. The van der Waals surface area contributed by atoms with Crippen LogP contribution in [0.4, 0.5) is 11.4 Å². The predicted molar refractivity (Wildman–Crippen MR) is 67.6 cm³/mol. The third kappa shape index (κ3) is 2.26. The van der Waals surface area contributed by atoms with Crippen molar-refractivity contribution in [2.24, 2.45) is 0 Å². The standard InChI is InChI=1S/C12H20N2O2/c1-4-6-7-12(3,5-2)14-9-8(13)10(15)11(9)16/h14H,4-7,13H2,1-3H3. The van der Waals surface area contributed by atoms with Crippen LogP contribution in [0.15, 0.2) is 9.59 Å². The van der Waals surface area contributed by atoms with Gasteiger partial charge in [0.1, 0.15) is 11.4 Å². The number of unbranched alkanes of at least 4 members (excludes halogenated alkanes) is 1. The molecule has 3 N–H and O–H groups in total. The van der Waals surface area contributed by atoms with Crippen molar-refractivity contribution in [3.63, 3.8) is 0 Å². The van der Waals surface area contributed by atoms with Crippen molar-refractivity contribution in [3.05, 3.63) is 20.4 Å². The molecule has 0 bridgehead atoms. The van der Waals surface area contributed by atoms with Crippen molar-refractivity contribution in [3.8, 4) is 0 Å². The Labute approximate surface area is 95.5 Å². The zero-order valence-electron chi connectivity index (χ0n) is 10.2. The summed E-state index contributed by atoms with van der Waals surface area (Å²) in [6, 6.07) is 0. The van der Waals surface area contributed by atoms with E-state index in [-0.39, 0.29) is 11.2 Å². The topological polar surface area (TPSA) is 72.2 Å². The van der Waals surface area contributed by atoms with E-state index in [4.69, 9.17) is 5.73 Å². The molecular weight excluding hydrogens is 204 g/mol. The molecule has 0 saturated carbocycles. The highest BCUT2D eigenvalue weighted by molar-refractivity contribution is 5.72. The molecule has 0 saturated heterocycles. The van der Waals surface area contributed by atoms with Gasteiger partial charge >= 0.3 is 0 Å². The molecule has 0 amide bonds. The Hall–Kier alpha value is -1.32. The molecule has 1 unspecified atom stereocenters. The number of anilines is 2. The SMILES string of the molecule is CCCCC(C)(CC)Nc1c(N)c(=O)c1=O. The maximum Gasteiger partial charge on any atom is 0.253 e. The highest BCUT2D eigenvalue weighted by Crippen LogP contribution is 2.24. The Kier molecular flexibility index (Phi) is 3.73. The molecule has 0 fully saturated rings. The maximum atomic E-state index is 11.3. The first-order valence-electron chi connectivity index (χ1n) is 5.82. The van der Waals surface area contributed by atoms with Crippen LogP contribution in [-0.4, -0.2) is 5.54 Å². The average molecular weight is 224 g/mol. The maximum absolute atomic E-state index is 11.3. The lowest BCUT2D eigenvalue weighted by Gasteiger charge is -2.31. The van der Waals surface area contributed by atoms with Crippen molar-refractivity contribution >= 4 is 11.4 Å². The second-order valence-corrected chi connectivity index (χ2v) is 4.59. The lowest BCUT2D eigenvalue weighted by Crippen LogP contribution is -2.43. The Bertz CT molecular complexity index is 432. The molecule has 0 aliphatic rings. The summed E-state index contributed by atoms with van der Waals surface area (Å²) < 4.78 is 0. The summed E-state index contributed by atoms with van der Waals surface area (Å²) in [5.41, 5.74) is 4.71. The number of nitrogen functional groups attached to an aromatic ring is 1. The molecule has 1 aromatic rings. The number of nitrogens with two attached hydrogens (primary N) is 1. The summed E-state index contributed by atoms with van der Waals surface area (Å²) >= 11 is 0. The van der Waals surface area contributed by atoms with Crippen LogP contribution in [-0.2, 0) is 0 Å². The molecule has 16 heavy (non-hydrogen) atoms. The lowest BCUT2D eigenvalue weighted by molar-refractivity contribution is 0.438. The zero-order chi connectivity index (χ0) is 12.3. The van der Waals surface area contributed by atoms with Gasteiger partial charge in [-0.2, -0.15) is 0 Å². The summed E-state index contributed by atoms with van der Waals surface area (Å²) in [5.74, 6) is 0. The van der Waals surface area contributed by atoms with Crippen LogP contribution in [0, 0.1) is 0 Å². The first kappa shape index (κ1) is 12.7. The van der Waals surface area contributed by atoms with Crippen LogP contribution >= 0.6 is 0 Å². The Morgan fingerprint density at radius 3 is 2.31 bits per heavy atom. The van der Waals surface area contributed by atoms with Gasteiger partial charge in [-0.1, -0.05) is 26.7 Å². The molecule has 0 aliphatic carbocycles. The van der Waals surface area contributed by atoms with Gasteiger partial charge in [-0.05, 0) is 19.8 Å². The third-order valence-corrected chi connectivity index (χ3v) is 3.24. The van der Waals surface area contributed by atoms with E-state index < -0.39 is 10.9 Å². The number of rotatable bonds is 6. The van der Waals surface area contributed by atoms with Gasteiger partial charge in [0.2, 0.25) is 0 Å². The fourth-order valence-corrected chi connectivity index (χ4v) is 1.73. The van der Waals surface area contributed by atoms with E-state index in [2.05, 4.69) is 26.1 Å². The highest BCUT2D eigenvalue weighted by Gasteiger charge is 2.27. The van der Waals surface area contributed by atoms with E-state index in [0.717, 1.165) is 25.7 Å². The van der Waals surface area contributed by atoms with Crippen LogP contribution < -0.4 is 21.9 Å². The quantitative estimate of drug-likeness (QED) is 0.720. The predicted octanol–water partition coefficient (Wildman–Crippen LogP) is 1.64. The third-order valence-electron chi connectivity index (χ3n) is 3.24. The van der Waals surface area contributed by atoms with Crippen molar-refractivity contribution in [2.45, 2.75) is 52.0 Å². The second-order valence-electron chi connectivity index (χ2n) is 4.59. The minimum atomic E-state index is -0.559. The van der Waals surface area contributed by atoms with Crippen LogP contribution in [0.1, 0.15) is 46.5 Å². The molecule has 4 heteroatoms. The fourth-order valence-electron chi connectivity index (χ4n) is 1.73. The Morgan fingerprint density at radius 2 is 1.88 bits per heavy atom. The molecule has 1 rings (SSSR count). The van der Waals surface area contributed by atoms with Gasteiger partial charge < -0.3 is 11.1 Å². The minimum Gasteiger partial charge on any atom is -0.394 e. The van der Waals surface area contributed by atoms with Crippen molar-refractivity contribution in [2.75, 3.05) is 11.1 Å². The molecule has 90 valence electrons. The molecule has 0 aliphatic heterocycles. The number of nitrogens with one attached hydrogen (secondary N) is 1. The lowest BCUT2D eigenvalue weighted by atomic mass is 9.91. The van der Waals surface area contributed by atoms with E-state index in [1.165, 1.54) is 0 Å². The first-order chi connectivity index (χ1) is 7.45. The van der Waals surface area contributed by atoms with Crippen molar-refractivity contribution in [1.29, 1.82) is 0 Å². The molecular formula is C12H20N2O2. The number of hydrogen-bond donors (Lipinski definition) is 2.